The molecule has 0 spiro atoms. The first-order valence-corrected chi connectivity index (χ1v) is 3.98. The second-order valence-corrected chi connectivity index (χ2v) is 3.06. The lowest BCUT2D eigenvalue weighted by atomic mass is 10.4. The smallest absolute Gasteiger partial charge is 0.187 e. The van der Waals surface area contributed by atoms with Crippen LogP contribution in [-0.4, -0.2) is 0 Å². The summed E-state index contributed by atoms with van der Waals surface area (Å²) >= 11 is 1.66. The molecule has 0 aliphatic heterocycles. The molecule has 0 aliphatic rings. The number of hydrogen-bond acceptors (Lipinski definition) is 2. The monoisotopic (exact) mass is 153 g/mol. The molecule has 0 aromatic carbocycles. The highest BCUT2D eigenvalue weighted by molar-refractivity contribution is 6.99. The van der Waals surface area contributed by atoms with Crippen LogP contribution in [0, 0.1) is 18.3 Å². The Morgan fingerprint density at radius 1 is 1.80 bits per heavy atom. The van der Waals surface area contributed by atoms with Gasteiger partial charge in [0.2, 0.25) is 0 Å². The van der Waals surface area contributed by atoms with Gasteiger partial charge in [-0.15, -0.1) is 3.96 Å². The Hall–Kier alpha value is -0.880. The fourth-order valence-corrected chi connectivity index (χ4v) is 1.50. The summed E-state index contributed by atoms with van der Waals surface area (Å²) in [5.41, 5.74) is 1.27. The molecule has 1 aromatic rings. The van der Waals surface area contributed by atoms with E-state index in [1.54, 1.807) is 11.5 Å². The second kappa shape index (κ2) is 3.33. The third kappa shape index (κ3) is 1.82. The fourth-order valence-electron chi connectivity index (χ4n) is 0.716. The Bertz CT molecular complexity index is 246. The minimum atomic E-state index is 0.602. The number of aromatic nitrogens is 1. The average molecular weight is 153 g/mol. The quantitative estimate of drug-likeness (QED) is 0.588. The normalized spacial score (nSPS) is 9.20. The van der Waals surface area contributed by atoms with Crippen molar-refractivity contribution in [1.29, 1.82) is 5.26 Å². The fraction of sp³-hybridized carbons (Fsp3) is 0.429. The number of rotatable bonds is 2. The van der Waals surface area contributed by atoms with E-state index in [1.165, 1.54) is 5.56 Å². The van der Waals surface area contributed by atoms with Crippen molar-refractivity contribution < 1.29 is 3.96 Å². The van der Waals surface area contributed by atoms with Crippen molar-refractivity contribution in [3.63, 3.8) is 0 Å². The summed E-state index contributed by atoms with van der Waals surface area (Å²) in [6.45, 7) is 2.88. The molecule has 0 N–H and O–H groups in total. The maximum absolute atomic E-state index is 8.28. The molecule has 10 heavy (non-hydrogen) atoms. The van der Waals surface area contributed by atoms with Gasteiger partial charge in [-0.1, -0.05) is 0 Å². The molecule has 1 rings (SSSR count). The van der Waals surface area contributed by atoms with Crippen molar-refractivity contribution in [2.24, 2.45) is 0 Å². The molecule has 3 heteroatoms. The van der Waals surface area contributed by atoms with Gasteiger partial charge in [0.15, 0.2) is 12.7 Å². The number of hydrogen-bond donors (Lipinski definition) is 0. The zero-order valence-electron chi connectivity index (χ0n) is 5.87. The average Bonchev–Trinajstić information content (AvgIpc) is 2.31. The maximum atomic E-state index is 8.28. The van der Waals surface area contributed by atoms with Gasteiger partial charge in [-0.05, 0) is 6.92 Å². The largest absolute Gasteiger partial charge is 0.198 e. The molecule has 0 radical (unpaired) electrons. The van der Waals surface area contributed by atoms with Crippen LogP contribution in [0.25, 0.3) is 0 Å². The summed E-state index contributed by atoms with van der Waals surface area (Å²) in [6.07, 6.45) is 2.66. The topological polar surface area (TPSA) is 27.7 Å². The Balaban J connectivity index is 2.52. The van der Waals surface area contributed by atoms with E-state index in [-0.39, 0.29) is 0 Å². The molecule has 1 aromatic heterocycles. The van der Waals surface area contributed by atoms with Crippen LogP contribution in [0.2, 0.25) is 0 Å². The van der Waals surface area contributed by atoms with Gasteiger partial charge in [0, 0.05) is 5.56 Å². The molecule has 0 saturated heterocycles. The SMILES string of the molecule is Cc1cs[n+](CCC#N)c1. The van der Waals surface area contributed by atoms with Gasteiger partial charge in [0.1, 0.15) is 11.5 Å². The predicted octanol–water partition coefficient (Wildman–Crippen LogP) is 1.26. The minimum absolute atomic E-state index is 0.602. The van der Waals surface area contributed by atoms with Crippen molar-refractivity contribution in [3.8, 4) is 6.07 Å². The molecule has 0 unspecified atom stereocenters. The van der Waals surface area contributed by atoms with Crippen molar-refractivity contribution in [1.82, 2.24) is 0 Å². The van der Waals surface area contributed by atoms with Gasteiger partial charge in [-0.2, -0.15) is 5.26 Å². The van der Waals surface area contributed by atoms with Crippen LogP contribution < -0.4 is 3.96 Å². The van der Waals surface area contributed by atoms with Crippen LogP contribution in [0.4, 0.5) is 0 Å². The van der Waals surface area contributed by atoms with Crippen molar-refractivity contribution in [3.05, 3.63) is 17.1 Å². The second-order valence-electron chi connectivity index (χ2n) is 2.15. The van der Waals surface area contributed by atoms with Crippen molar-refractivity contribution >= 4 is 11.5 Å². The summed E-state index contributed by atoms with van der Waals surface area (Å²) in [5, 5.41) is 10.4. The van der Waals surface area contributed by atoms with Crippen molar-refractivity contribution in [2.45, 2.75) is 19.9 Å². The molecule has 0 amide bonds. The van der Waals surface area contributed by atoms with Gasteiger partial charge in [0.25, 0.3) is 0 Å². The van der Waals surface area contributed by atoms with E-state index in [0.29, 0.717) is 6.42 Å². The number of aryl methyl sites for hydroxylation is 2. The molecule has 1 heterocycles. The highest BCUT2D eigenvalue weighted by Crippen LogP contribution is 1.96. The maximum Gasteiger partial charge on any atom is 0.187 e. The highest BCUT2D eigenvalue weighted by atomic mass is 32.1. The van der Waals surface area contributed by atoms with Crippen LogP contribution in [0.1, 0.15) is 12.0 Å². The van der Waals surface area contributed by atoms with Crippen LogP contribution in [0.15, 0.2) is 11.6 Å². The molecule has 52 valence electrons. The summed E-state index contributed by atoms with van der Waals surface area (Å²) in [6, 6.07) is 2.11. The summed E-state index contributed by atoms with van der Waals surface area (Å²) in [7, 11) is 0. The lowest BCUT2D eigenvalue weighted by Gasteiger charge is -1.79. The summed E-state index contributed by atoms with van der Waals surface area (Å²) in [5.74, 6) is 0. The lowest BCUT2D eigenvalue weighted by molar-refractivity contribution is -0.628. The van der Waals surface area contributed by atoms with Crippen LogP contribution in [-0.2, 0) is 6.54 Å². The molecule has 2 nitrogen and oxygen atoms in total. The molecule has 0 bridgehead atoms. The zero-order valence-corrected chi connectivity index (χ0v) is 6.69. The van der Waals surface area contributed by atoms with E-state index >= 15 is 0 Å². The lowest BCUT2D eigenvalue weighted by Crippen LogP contribution is -2.26. The van der Waals surface area contributed by atoms with Gasteiger partial charge >= 0.3 is 0 Å². The summed E-state index contributed by atoms with van der Waals surface area (Å²) in [4.78, 5) is 0. The minimum Gasteiger partial charge on any atom is -0.198 e. The Morgan fingerprint density at radius 3 is 3.10 bits per heavy atom. The standard InChI is InChI=1S/C7H9N2S/c1-7-5-9(10-6-7)4-2-3-8/h5-6H,2,4H2,1H3/q+1. The first kappa shape index (κ1) is 7.23. The van der Waals surface area contributed by atoms with Gasteiger partial charge in [-0.3, -0.25) is 0 Å². The Labute approximate surface area is 64.5 Å². The first-order chi connectivity index (χ1) is 4.83. The molecular weight excluding hydrogens is 144 g/mol. The molecular formula is C7H9N2S+. The van der Waals surface area contributed by atoms with Crippen LogP contribution in [0.5, 0.6) is 0 Å². The third-order valence-electron chi connectivity index (χ3n) is 1.17. The van der Waals surface area contributed by atoms with E-state index < -0.39 is 0 Å². The van der Waals surface area contributed by atoms with E-state index in [2.05, 4.69) is 28.5 Å². The van der Waals surface area contributed by atoms with Gasteiger partial charge in [0.05, 0.1) is 17.9 Å². The number of nitrogens with zero attached hydrogens (tertiary/aromatic N) is 2. The molecule has 0 fully saturated rings. The molecule has 0 atom stereocenters. The first-order valence-electron chi connectivity index (χ1n) is 3.15. The van der Waals surface area contributed by atoms with E-state index in [9.17, 15) is 0 Å². The Kier molecular flexibility index (Phi) is 2.41. The van der Waals surface area contributed by atoms with Crippen LogP contribution in [0.3, 0.4) is 0 Å². The molecule has 0 aliphatic carbocycles. The number of nitriles is 1. The summed E-state index contributed by atoms with van der Waals surface area (Å²) < 4.78 is 2.07. The van der Waals surface area contributed by atoms with E-state index in [4.69, 9.17) is 5.26 Å². The van der Waals surface area contributed by atoms with Gasteiger partial charge < -0.3 is 0 Å². The zero-order chi connectivity index (χ0) is 7.40. The Morgan fingerprint density at radius 2 is 2.60 bits per heavy atom. The van der Waals surface area contributed by atoms with E-state index in [1.807, 2.05) is 0 Å². The predicted molar refractivity (Wildman–Crippen MR) is 39.5 cm³/mol. The third-order valence-corrected chi connectivity index (χ3v) is 2.20. The highest BCUT2D eigenvalue weighted by Gasteiger charge is 2.01. The van der Waals surface area contributed by atoms with Crippen molar-refractivity contribution in [2.75, 3.05) is 0 Å². The van der Waals surface area contributed by atoms with Gasteiger partial charge in [-0.25, -0.2) is 0 Å². The van der Waals surface area contributed by atoms with E-state index in [0.717, 1.165) is 6.54 Å². The van der Waals surface area contributed by atoms with Crippen LogP contribution >= 0.6 is 11.5 Å². The molecule has 0 saturated carbocycles.